The Morgan fingerprint density at radius 3 is 2.45 bits per heavy atom. The zero-order valence-corrected chi connectivity index (χ0v) is 17.7. The van der Waals surface area contributed by atoms with Crippen LogP contribution in [0.4, 0.5) is 0 Å². The molecule has 0 spiro atoms. The minimum Gasteiger partial charge on any atom is -0.490 e. The van der Waals surface area contributed by atoms with Gasteiger partial charge >= 0.3 is 0 Å². The van der Waals surface area contributed by atoms with Crippen LogP contribution >= 0.6 is 0 Å². The number of furan rings is 1. The van der Waals surface area contributed by atoms with Crippen molar-refractivity contribution in [3.63, 3.8) is 0 Å². The van der Waals surface area contributed by atoms with Crippen LogP contribution in [0.5, 0.6) is 11.5 Å². The molecule has 0 fully saturated rings. The lowest BCUT2D eigenvalue weighted by Crippen LogP contribution is -2.39. The van der Waals surface area contributed by atoms with Crippen LogP contribution in [-0.2, 0) is 17.6 Å². The summed E-state index contributed by atoms with van der Waals surface area (Å²) in [6, 6.07) is 9.95. The largest absolute Gasteiger partial charge is 0.490 e. The van der Waals surface area contributed by atoms with Crippen molar-refractivity contribution in [1.82, 2.24) is 10.6 Å². The van der Waals surface area contributed by atoms with Gasteiger partial charge in [-0.25, -0.2) is 0 Å². The summed E-state index contributed by atoms with van der Waals surface area (Å²) in [7, 11) is 1.68. The highest BCUT2D eigenvalue weighted by Crippen LogP contribution is 2.28. The fourth-order valence-electron chi connectivity index (χ4n) is 2.76. The number of rotatable bonds is 13. The molecule has 0 saturated heterocycles. The van der Waals surface area contributed by atoms with E-state index in [1.165, 1.54) is 5.56 Å². The first kappa shape index (κ1) is 22.6. The van der Waals surface area contributed by atoms with Crippen molar-refractivity contribution in [2.24, 2.45) is 4.99 Å². The lowest BCUT2D eigenvalue weighted by Gasteiger charge is -2.14. The molecule has 0 unspecified atom stereocenters. The van der Waals surface area contributed by atoms with E-state index in [1.807, 2.05) is 38.1 Å². The van der Waals surface area contributed by atoms with Crippen molar-refractivity contribution < 1.29 is 18.6 Å². The number of nitrogens with zero attached hydrogens (tertiary/aromatic N) is 1. The second kappa shape index (κ2) is 13.5. The number of aliphatic imine (C=N–C) groups is 1. The maximum absolute atomic E-state index is 5.71. The van der Waals surface area contributed by atoms with Crippen molar-refractivity contribution in [1.29, 1.82) is 0 Å². The maximum Gasteiger partial charge on any atom is 0.191 e. The number of guanidine groups is 1. The van der Waals surface area contributed by atoms with E-state index in [9.17, 15) is 0 Å². The van der Waals surface area contributed by atoms with Crippen molar-refractivity contribution >= 4 is 5.96 Å². The Morgan fingerprint density at radius 2 is 1.76 bits per heavy atom. The Hall–Kier alpha value is -2.67. The number of ether oxygens (including phenoxy) is 3. The summed E-state index contributed by atoms with van der Waals surface area (Å²) < 4.78 is 21.8. The summed E-state index contributed by atoms with van der Waals surface area (Å²) in [6.07, 6.45) is 3.33. The van der Waals surface area contributed by atoms with Gasteiger partial charge in [0.2, 0.25) is 0 Å². The van der Waals surface area contributed by atoms with Gasteiger partial charge in [0.05, 0.1) is 32.6 Å². The Labute approximate surface area is 173 Å². The van der Waals surface area contributed by atoms with E-state index in [4.69, 9.17) is 18.6 Å². The Morgan fingerprint density at radius 1 is 1.00 bits per heavy atom. The van der Waals surface area contributed by atoms with E-state index >= 15 is 0 Å². The Balaban J connectivity index is 1.86. The van der Waals surface area contributed by atoms with Gasteiger partial charge < -0.3 is 29.3 Å². The highest BCUT2D eigenvalue weighted by molar-refractivity contribution is 5.79. The van der Waals surface area contributed by atoms with Crippen LogP contribution in [0.1, 0.15) is 25.2 Å². The van der Waals surface area contributed by atoms with Gasteiger partial charge in [-0.15, -0.1) is 0 Å². The number of hydrogen-bond acceptors (Lipinski definition) is 5. The molecule has 2 N–H and O–H groups in total. The summed E-state index contributed by atoms with van der Waals surface area (Å²) in [4.78, 5) is 4.54. The van der Waals surface area contributed by atoms with Gasteiger partial charge in [-0.3, -0.25) is 4.99 Å². The van der Waals surface area contributed by atoms with Gasteiger partial charge in [0.25, 0.3) is 0 Å². The first-order valence-electron chi connectivity index (χ1n) is 10.2. The zero-order valence-electron chi connectivity index (χ0n) is 17.7. The molecule has 0 radical (unpaired) electrons. The number of methoxy groups -OCH3 is 1. The molecule has 1 heterocycles. The smallest absolute Gasteiger partial charge is 0.191 e. The molecule has 2 rings (SSSR count). The van der Waals surface area contributed by atoms with E-state index in [1.54, 1.807) is 13.4 Å². The van der Waals surface area contributed by atoms with Crippen molar-refractivity contribution in [2.75, 3.05) is 46.6 Å². The number of nitrogens with one attached hydrogen (secondary N) is 2. The summed E-state index contributed by atoms with van der Waals surface area (Å²) >= 11 is 0. The van der Waals surface area contributed by atoms with Crippen LogP contribution < -0.4 is 20.1 Å². The molecule has 1 aromatic carbocycles. The summed E-state index contributed by atoms with van der Waals surface area (Å²) in [5.41, 5.74) is 1.18. The fraction of sp³-hybridized carbons (Fsp3) is 0.500. The highest BCUT2D eigenvalue weighted by Gasteiger charge is 2.07. The molecular weight excluding hydrogens is 370 g/mol. The molecule has 0 atom stereocenters. The van der Waals surface area contributed by atoms with Crippen molar-refractivity contribution in [2.45, 2.75) is 26.7 Å². The SMILES string of the molecule is CCOc1ccc(CCNC(=NCCOC)NCCc2ccco2)cc1OCC. The van der Waals surface area contributed by atoms with Crippen LogP contribution in [0.3, 0.4) is 0 Å². The van der Waals surface area contributed by atoms with Crippen molar-refractivity contribution in [3.8, 4) is 11.5 Å². The third-order valence-corrected chi connectivity index (χ3v) is 4.12. The quantitative estimate of drug-likeness (QED) is 0.304. The molecule has 29 heavy (non-hydrogen) atoms. The van der Waals surface area contributed by atoms with Crippen LogP contribution in [0.2, 0.25) is 0 Å². The summed E-state index contributed by atoms with van der Waals surface area (Å²) in [6.45, 7) is 7.84. The van der Waals surface area contributed by atoms with Crippen LogP contribution in [0.25, 0.3) is 0 Å². The van der Waals surface area contributed by atoms with E-state index < -0.39 is 0 Å². The van der Waals surface area contributed by atoms with Gasteiger partial charge in [0.15, 0.2) is 17.5 Å². The van der Waals surface area contributed by atoms with E-state index in [-0.39, 0.29) is 0 Å². The summed E-state index contributed by atoms with van der Waals surface area (Å²) in [5.74, 6) is 3.29. The van der Waals surface area contributed by atoms with Gasteiger partial charge in [-0.1, -0.05) is 6.07 Å². The van der Waals surface area contributed by atoms with Gasteiger partial charge in [0.1, 0.15) is 5.76 Å². The number of hydrogen-bond donors (Lipinski definition) is 2. The van der Waals surface area contributed by atoms with Crippen LogP contribution in [0.15, 0.2) is 46.0 Å². The average molecular weight is 404 g/mol. The van der Waals surface area contributed by atoms with Crippen molar-refractivity contribution in [3.05, 3.63) is 47.9 Å². The molecule has 0 saturated carbocycles. The van der Waals surface area contributed by atoms with Gasteiger partial charge in [-0.2, -0.15) is 0 Å². The number of benzene rings is 1. The lowest BCUT2D eigenvalue weighted by molar-refractivity contribution is 0.208. The van der Waals surface area contributed by atoms with Crippen LogP contribution in [-0.4, -0.2) is 52.5 Å². The topological polar surface area (TPSA) is 77.2 Å². The maximum atomic E-state index is 5.71. The first-order valence-corrected chi connectivity index (χ1v) is 10.2. The molecule has 160 valence electrons. The first-order chi connectivity index (χ1) is 14.3. The molecular formula is C22H33N3O4. The van der Waals surface area contributed by atoms with Gasteiger partial charge in [0, 0.05) is 26.6 Å². The molecule has 0 bridgehead atoms. The molecule has 2 aromatic rings. The molecule has 0 aliphatic rings. The predicted octanol–water partition coefficient (Wildman–Crippen LogP) is 3.04. The minimum absolute atomic E-state index is 0.585. The normalized spacial score (nSPS) is 11.3. The molecule has 0 amide bonds. The van der Waals surface area contributed by atoms with Crippen LogP contribution in [0, 0.1) is 0 Å². The highest BCUT2D eigenvalue weighted by atomic mass is 16.5. The monoisotopic (exact) mass is 403 g/mol. The zero-order chi connectivity index (χ0) is 20.7. The Bertz CT molecular complexity index is 717. The summed E-state index contributed by atoms with van der Waals surface area (Å²) in [5, 5.41) is 6.72. The molecule has 7 heteroatoms. The second-order valence-corrected chi connectivity index (χ2v) is 6.30. The van der Waals surface area contributed by atoms with E-state index in [2.05, 4.69) is 21.7 Å². The Kier molecular flexibility index (Phi) is 10.5. The average Bonchev–Trinajstić information content (AvgIpc) is 3.23. The fourth-order valence-corrected chi connectivity index (χ4v) is 2.76. The molecule has 0 aliphatic heterocycles. The third kappa shape index (κ3) is 8.48. The van der Waals surface area contributed by atoms with Gasteiger partial charge in [-0.05, 0) is 50.1 Å². The molecule has 1 aromatic heterocycles. The molecule has 0 aliphatic carbocycles. The standard InChI is InChI=1S/C22H33N3O4/c1-4-27-20-9-8-18(17-21(20)28-5-2)10-12-23-22(25-14-16-26-3)24-13-11-19-7-6-15-29-19/h6-9,15,17H,4-5,10-14,16H2,1-3H3,(H2,23,24,25). The molecule has 7 nitrogen and oxygen atoms in total. The second-order valence-electron chi connectivity index (χ2n) is 6.30. The third-order valence-electron chi connectivity index (χ3n) is 4.12. The lowest BCUT2D eigenvalue weighted by atomic mass is 10.1. The van der Waals surface area contributed by atoms with E-state index in [0.717, 1.165) is 49.1 Å². The minimum atomic E-state index is 0.585. The van der Waals surface area contributed by atoms with E-state index in [0.29, 0.717) is 26.4 Å². The predicted molar refractivity (Wildman–Crippen MR) is 115 cm³/mol.